The number of nitrogens with zero attached hydrogens (tertiary/aromatic N) is 1. The molecule has 144 valence electrons. The quantitative estimate of drug-likeness (QED) is 0.566. The largest absolute Gasteiger partial charge is 0.345 e. The van der Waals surface area contributed by atoms with Crippen LogP contribution >= 0.6 is 22.9 Å². The molecule has 1 heterocycles. The smallest absolute Gasteiger partial charge is 0.251 e. The van der Waals surface area contributed by atoms with Crippen LogP contribution in [0, 0.1) is 0 Å². The lowest BCUT2D eigenvalue weighted by Crippen LogP contribution is -2.28. The van der Waals surface area contributed by atoms with Crippen LogP contribution < -0.4 is 10.6 Å². The first-order valence-corrected chi connectivity index (χ1v) is 10.1. The van der Waals surface area contributed by atoms with Crippen LogP contribution in [0.4, 0.5) is 10.8 Å². The van der Waals surface area contributed by atoms with E-state index in [0.29, 0.717) is 10.6 Å². The number of aromatic nitrogens is 1. The number of carbonyl (C=O) groups excluding carboxylic acids is 2. The maximum absolute atomic E-state index is 12.2. The summed E-state index contributed by atoms with van der Waals surface area (Å²) in [6, 6.07) is 14.7. The second kappa shape index (κ2) is 8.99. The molecule has 0 saturated carbocycles. The van der Waals surface area contributed by atoms with Crippen LogP contribution in [0.5, 0.6) is 0 Å². The molecule has 28 heavy (non-hydrogen) atoms. The highest BCUT2D eigenvalue weighted by Crippen LogP contribution is 2.33. The van der Waals surface area contributed by atoms with Crippen molar-refractivity contribution in [2.45, 2.75) is 20.3 Å². The number of benzene rings is 2. The number of hydrogen-bond donors (Lipinski definition) is 2. The molecule has 0 aliphatic carbocycles. The second-order valence-electron chi connectivity index (χ2n) is 6.24. The molecule has 0 aliphatic rings. The minimum atomic E-state index is -0.283. The van der Waals surface area contributed by atoms with Gasteiger partial charge in [0.2, 0.25) is 0 Å². The van der Waals surface area contributed by atoms with Crippen molar-refractivity contribution in [2.75, 3.05) is 11.9 Å². The normalized spacial score (nSPS) is 10.5. The number of nitrogens with one attached hydrogen (secondary N) is 2. The number of amides is 1. The molecule has 2 aromatic carbocycles. The molecular formula is C21H20ClN3O2S. The number of carbonyl (C=O) groups is 2. The van der Waals surface area contributed by atoms with Gasteiger partial charge < -0.3 is 10.6 Å². The number of hydrogen-bond acceptors (Lipinski definition) is 5. The van der Waals surface area contributed by atoms with Crippen LogP contribution in [-0.2, 0) is 11.2 Å². The van der Waals surface area contributed by atoms with Crippen molar-refractivity contribution in [3.05, 3.63) is 64.0 Å². The lowest BCUT2D eigenvalue weighted by atomic mass is 10.1. The predicted molar refractivity (Wildman–Crippen MR) is 115 cm³/mol. The van der Waals surface area contributed by atoms with Crippen LogP contribution in [0.15, 0.2) is 48.5 Å². The van der Waals surface area contributed by atoms with Crippen LogP contribution in [0.25, 0.3) is 11.3 Å². The maximum atomic E-state index is 12.2. The molecule has 2 N–H and O–H groups in total. The van der Waals surface area contributed by atoms with Crippen molar-refractivity contribution in [3.63, 3.8) is 0 Å². The molecule has 5 nitrogen and oxygen atoms in total. The summed E-state index contributed by atoms with van der Waals surface area (Å²) in [5.41, 5.74) is 3.19. The number of aryl methyl sites for hydroxylation is 1. The molecule has 0 aliphatic heterocycles. The van der Waals surface area contributed by atoms with Gasteiger partial charge in [-0.25, -0.2) is 4.98 Å². The van der Waals surface area contributed by atoms with Gasteiger partial charge in [-0.15, -0.1) is 11.3 Å². The van der Waals surface area contributed by atoms with Crippen molar-refractivity contribution in [1.29, 1.82) is 0 Å². The summed E-state index contributed by atoms with van der Waals surface area (Å²) in [5.74, 6) is -0.374. The van der Waals surface area contributed by atoms with Crippen molar-refractivity contribution in [2.24, 2.45) is 0 Å². The van der Waals surface area contributed by atoms with E-state index in [1.165, 1.54) is 11.8 Å². The van der Waals surface area contributed by atoms with E-state index in [4.69, 9.17) is 16.6 Å². The fourth-order valence-corrected chi connectivity index (χ4v) is 3.72. The summed E-state index contributed by atoms with van der Waals surface area (Å²) in [7, 11) is 0. The van der Waals surface area contributed by atoms with Crippen LogP contribution in [0.3, 0.4) is 0 Å². The van der Waals surface area contributed by atoms with Gasteiger partial charge in [0.25, 0.3) is 5.91 Å². The number of thiazole rings is 1. The van der Waals surface area contributed by atoms with Gasteiger partial charge in [0.05, 0.1) is 12.2 Å². The Bertz CT molecular complexity index is 999. The average Bonchev–Trinajstić information content (AvgIpc) is 3.09. The first-order chi connectivity index (χ1) is 13.5. The molecule has 0 saturated heterocycles. The van der Waals surface area contributed by atoms with E-state index in [-0.39, 0.29) is 18.2 Å². The number of rotatable bonds is 7. The lowest BCUT2D eigenvalue weighted by Gasteiger charge is -2.06. The van der Waals surface area contributed by atoms with E-state index in [2.05, 4.69) is 17.6 Å². The topological polar surface area (TPSA) is 71.1 Å². The standard InChI is InChI=1S/C21H20ClN3O2S/c1-3-18-19(14-7-9-16(22)10-8-14)25-21(28-18)24-17-6-4-5-15(11-17)20(27)23-12-13(2)26/h4-11H,3,12H2,1-2H3,(H,23,27)(H,24,25). The van der Waals surface area contributed by atoms with E-state index >= 15 is 0 Å². The van der Waals surface area contributed by atoms with Gasteiger partial charge in [0.1, 0.15) is 5.78 Å². The molecule has 0 unspecified atom stereocenters. The molecule has 0 fully saturated rings. The zero-order valence-electron chi connectivity index (χ0n) is 15.6. The van der Waals surface area contributed by atoms with Gasteiger partial charge >= 0.3 is 0 Å². The summed E-state index contributed by atoms with van der Waals surface area (Å²) in [6.45, 7) is 3.55. The monoisotopic (exact) mass is 413 g/mol. The summed E-state index contributed by atoms with van der Waals surface area (Å²) < 4.78 is 0. The molecule has 1 aromatic heterocycles. The van der Waals surface area contributed by atoms with Crippen molar-refractivity contribution in [1.82, 2.24) is 10.3 Å². The highest BCUT2D eigenvalue weighted by molar-refractivity contribution is 7.16. The summed E-state index contributed by atoms with van der Waals surface area (Å²) in [6.07, 6.45) is 0.866. The molecule has 0 atom stereocenters. The Morgan fingerprint density at radius 3 is 2.57 bits per heavy atom. The average molecular weight is 414 g/mol. The molecule has 7 heteroatoms. The van der Waals surface area contributed by atoms with E-state index in [1.807, 2.05) is 30.3 Å². The third-order valence-corrected chi connectivity index (χ3v) is 5.38. The first-order valence-electron chi connectivity index (χ1n) is 8.86. The Morgan fingerprint density at radius 2 is 1.89 bits per heavy atom. The third kappa shape index (κ3) is 4.97. The zero-order valence-corrected chi connectivity index (χ0v) is 17.2. The van der Waals surface area contributed by atoms with Crippen LogP contribution in [-0.4, -0.2) is 23.2 Å². The molecule has 0 spiro atoms. The molecule has 0 bridgehead atoms. The second-order valence-corrected chi connectivity index (χ2v) is 7.76. The molecule has 3 aromatic rings. The Balaban J connectivity index is 1.80. The number of Topliss-reactive ketones (excluding diaryl/α,β-unsaturated/α-hetero) is 1. The highest BCUT2D eigenvalue weighted by Gasteiger charge is 2.13. The van der Waals surface area contributed by atoms with Gasteiger partial charge in [0, 0.05) is 26.7 Å². The van der Waals surface area contributed by atoms with E-state index in [1.54, 1.807) is 29.5 Å². The van der Waals surface area contributed by atoms with Gasteiger partial charge in [0.15, 0.2) is 5.13 Å². The number of ketones is 1. The molecule has 0 radical (unpaired) electrons. The third-order valence-electron chi connectivity index (χ3n) is 4.01. The minimum absolute atomic E-state index is 0.0211. The zero-order chi connectivity index (χ0) is 20.1. The Hall–Kier alpha value is -2.70. The van der Waals surface area contributed by atoms with Gasteiger partial charge in [-0.2, -0.15) is 0 Å². The summed E-state index contributed by atoms with van der Waals surface area (Å²) >= 11 is 7.57. The predicted octanol–water partition coefficient (Wildman–Crippen LogP) is 5.09. The Kier molecular flexibility index (Phi) is 6.44. The van der Waals surface area contributed by atoms with Crippen LogP contribution in [0.1, 0.15) is 29.1 Å². The van der Waals surface area contributed by atoms with Crippen LogP contribution in [0.2, 0.25) is 5.02 Å². The lowest BCUT2D eigenvalue weighted by molar-refractivity contribution is -0.116. The number of anilines is 2. The van der Waals surface area contributed by atoms with Crippen molar-refractivity contribution < 1.29 is 9.59 Å². The van der Waals surface area contributed by atoms with Gasteiger partial charge in [-0.1, -0.05) is 36.7 Å². The highest BCUT2D eigenvalue weighted by atomic mass is 35.5. The van der Waals surface area contributed by atoms with E-state index in [0.717, 1.165) is 28.5 Å². The van der Waals surface area contributed by atoms with Gasteiger partial charge in [-0.3, -0.25) is 9.59 Å². The van der Waals surface area contributed by atoms with Gasteiger partial charge in [-0.05, 0) is 43.7 Å². The SMILES string of the molecule is CCc1sc(Nc2cccc(C(=O)NCC(C)=O)c2)nc1-c1ccc(Cl)cc1. The van der Waals surface area contributed by atoms with Crippen molar-refractivity contribution in [3.8, 4) is 11.3 Å². The molecule has 3 rings (SSSR count). The molecular weight excluding hydrogens is 394 g/mol. The van der Waals surface area contributed by atoms with E-state index < -0.39 is 0 Å². The minimum Gasteiger partial charge on any atom is -0.345 e. The fourth-order valence-electron chi connectivity index (χ4n) is 2.65. The summed E-state index contributed by atoms with van der Waals surface area (Å²) in [5, 5.41) is 7.32. The maximum Gasteiger partial charge on any atom is 0.251 e. The van der Waals surface area contributed by atoms with Crippen molar-refractivity contribution >= 4 is 45.4 Å². The van der Waals surface area contributed by atoms with E-state index in [9.17, 15) is 9.59 Å². The fraction of sp³-hybridized carbons (Fsp3) is 0.190. The Morgan fingerprint density at radius 1 is 1.14 bits per heavy atom. The Labute approximate surface area is 172 Å². The summed E-state index contributed by atoms with van der Waals surface area (Å²) in [4.78, 5) is 29.1. The first kappa shape index (κ1) is 20.0. The number of halogens is 1. The molecule has 1 amide bonds.